The highest BCUT2D eigenvalue weighted by Crippen LogP contribution is 2.22. The Balaban J connectivity index is 1.96. The molecule has 0 spiro atoms. The lowest BCUT2D eigenvalue weighted by Crippen LogP contribution is -1.96. The number of nitrogens with two attached hydrogens (primary N) is 1. The fraction of sp³-hybridized carbons (Fsp3) is 0.0769. The van der Waals surface area contributed by atoms with Crippen LogP contribution in [0.5, 0.6) is 0 Å². The third-order valence-corrected chi connectivity index (χ3v) is 2.84. The van der Waals surface area contributed by atoms with Crippen LogP contribution < -0.4 is 11.1 Å². The van der Waals surface area contributed by atoms with Gasteiger partial charge in [0.2, 0.25) is 0 Å². The second-order valence-corrected chi connectivity index (χ2v) is 4.31. The molecular formula is C13H12FN5. The summed E-state index contributed by atoms with van der Waals surface area (Å²) in [6, 6.07) is 8.49. The van der Waals surface area contributed by atoms with Gasteiger partial charge in [-0.05, 0) is 36.8 Å². The van der Waals surface area contributed by atoms with Gasteiger partial charge in [-0.2, -0.15) is 5.10 Å². The summed E-state index contributed by atoms with van der Waals surface area (Å²) in [4.78, 5) is 4.28. The number of halogens is 1. The van der Waals surface area contributed by atoms with Crippen LogP contribution in [0.1, 0.15) is 5.56 Å². The molecule has 96 valence electrons. The first-order valence-electron chi connectivity index (χ1n) is 5.77. The number of nitrogen functional groups attached to an aromatic ring is 1. The van der Waals surface area contributed by atoms with Gasteiger partial charge in [0.1, 0.15) is 11.6 Å². The van der Waals surface area contributed by atoms with Crippen molar-refractivity contribution in [2.45, 2.75) is 6.92 Å². The zero-order chi connectivity index (χ0) is 13.4. The third kappa shape index (κ3) is 2.08. The van der Waals surface area contributed by atoms with Crippen LogP contribution in [0.4, 0.5) is 21.7 Å². The molecule has 0 atom stereocenters. The minimum absolute atomic E-state index is 0.314. The Morgan fingerprint density at radius 2 is 2.11 bits per heavy atom. The molecule has 19 heavy (non-hydrogen) atoms. The van der Waals surface area contributed by atoms with Crippen molar-refractivity contribution < 1.29 is 4.39 Å². The molecule has 0 aliphatic heterocycles. The number of hydrogen-bond acceptors (Lipinski definition) is 4. The Morgan fingerprint density at radius 3 is 2.89 bits per heavy atom. The van der Waals surface area contributed by atoms with Crippen LogP contribution in [-0.2, 0) is 0 Å². The van der Waals surface area contributed by atoms with Gasteiger partial charge in [-0.3, -0.25) is 5.10 Å². The summed E-state index contributed by atoms with van der Waals surface area (Å²) in [5.74, 6) is 0.612. The molecule has 0 amide bonds. The van der Waals surface area contributed by atoms with Gasteiger partial charge in [-0.15, -0.1) is 0 Å². The first kappa shape index (κ1) is 11.5. The molecule has 1 aromatic carbocycles. The largest absolute Gasteiger partial charge is 0.382 e. The number of aromatic nitrogens is 3. The van der Waals surface area contributed by atoms with E-state index < -0.39 is 0 Å². The zero-order valence-electron chi connectivity index (χ0n) is 10.2. The summed E-state index contributed by atoms with van der Waals surface area (Å²) in [5.41, 5.74) is 7.47. The predicted octanol–water partition coefficient (Wildman–Crippen LogP) is 2.73. The van der Waals surface area contributed by atoms with E-state index in [2.05, 4.69) is 20.5 Å². The Kier molecular flexibility index (Phi) is 2.56. The number of hydrogen-bond donors (Lipinski definition) is 3. The Bertz CT molecular complexity index is 750. The molecule has 0 saturated heterocycles. The number of fused-ring (bicyclic) bond motifs is 1. The maximum atomic E-state index is 13.7. The van der Waals surface area contributed by atoms with Gasteiger partial charge in [0.25, 0.3) is 0 Å². The van der Waals surface area contributed by atoms with Gasteiger partial charge < -0.3 is 11.1 Å². The van der Waals surface area contributed by atoms with Crippen molar-refractivity contribution in [2.24, 2.45) is 0 Å². The first-order chi connectivity index (χ1) is 9.13. The minimum Gasteiger partial charge on any atom is -0.382 e. The van der Waals surface area contributed by atoms with Crippen LogP contribution in [0.25, 0.3) is 11.0 Å². The van der Waals surface area contributed by atoms with E-state index in [0.717, 1.165) is 10.9 Å². The molecule has 3 aromatic rings. The lowest BCUT2D eigenvalue weighted by molar-refractivity contribution is 0.630. The second kappa shape index (κ2) is 4.24. The maximum absolute atomic E-state index is 13.7. The molecule has 0 aliphatic rings. The van der Waals surface area contributed by atoms with E-state index in [-0.39, 0.29) is 5.82 Å². The van der Waals surface area contributed by atoms with Gasteiger partial charge in [0.15, 0.2) is 11.5 Å². The van der Waals surface area contributed by atoms with Crippen molar-refractivity contribution in [2.75, 3.05) is 11.1 Å². The second-order valence-electron chi connectivity index (χ2n) is 4.31. The van der Waals surface area contributed by atoms with E-state index in [9.17, 15) is 4.39 Å². The summed E-state index contributed by atoms with van der Waals surface area (Å²) < 4.78 is 13.7. The number of anilines is 3. The number of rotatable bonds is 2. The quantitative estimate of drug-likeness (QED) is 0.659. The van der Waals surface area contributed by atoms with E-state index in [1.54, 1.807) is 18.2 Å². The van der Waals surface area contributed by atoms with Crippen molar-refractivity contribution in [3.63, 3.8) is 0 Å². The molecule has 0 aliphatic carbocycles. The fourth-order valence-electron chi connectivity index (χ4n) is 1.85. The standard InChI is InChI=1S/C13H12FN5/c1-7-2-4-10(9(14)6-7)16-11-5-3-8-12(15)18-19-13(8)17-11/h2-6H,1H3,(H4,15,16,17,18,19). The Morgan fingerprint density at radius 1 is 1.26 bits per heavy atom. The molecule has 3 rings (SSSR count). The number of H-pyrrole nitrogens is 1. The topological polar surface area (TPSA) is 79.6 Å². The summed E-state index contributed by atoms with van der Waals surface area (Å²) in [6.45, 7) is 1.84. The van der Waals surface area contributed by atoms with Crippen molar-refractivity contribution in [3.05, 3.63) is 41.7 Å². The Hall–Kier alpha value is -2.63. The van der Waals surface area contributed by atoms with Gasteiger partial charge in [-0.25, -0.2) is 9.37 Å². The summed E-state index contributed by atoms with van der Waals surface area (Å²) in [7, 11) is 0. The molecule has 0 bridgehead atoms. The normalized spacial score (nSPS) is 10.8. The van der Waals surface area contributed by atoms with Crippen LogP contribution in [0.3, 0.4) is 0 Å². The summed E-state index contributed by atoms with van der Waals surface area (Å²) in [5, 5.41) is 10.3. The molecule has 0 saturated carbocycles. The molecule has 0 unspecified atom stereocenters. The van der Waals surface area contributed by atoms with Gasteiger partial charge in [0, 0.05) is 0 Å². The maximum Gasteiger partial charge on any atom is 0.159 e. The molecule has 0 radical (unpaired) electrons. The highest BCUT2D eigenvalue weighted by atomic mass is 19.1. The average molecular weight is 257 g/mol. The molecule has 2 heterocycles. The van der Waals surface area contributed by atoms with E-state index in [1.807, 2.05) is 13.0 Å². The third-order valence-electron chi connectivity index (χ3n) is 2.84. The smallest absolute Gasteiger partial charge is 0.159 e. The molecule has 2 aromatic heterocycles. The van der Waals surface area contributed by atoms with Crippen molar-refractivity contribution in [1.82, 2.24) is 15.2 Å². The minimum atomic E-state index is -0.314. The van der Waals surface area contributed by atoms with Crippen LogP contribution >= 0.6 is 0 Å². The highest BCUT2D eigenvalue weighted by Gasteiger charge is 2.07. The van der Waals surface area contributed by atoms with E-state index >= 15 is 0 Å². The molecule has 0 fully saturated rings. The zero-order valence-corrected chi connectivity index (χ0v) is 10.2. The predicted molar refractivity (Wildman–Crippen MR) is 72.7 cm³/mol. The first-order valence-corrected chi connectivity index (χ1v) is 5.77. The average Bonchev–Trinajstić information content (AvgIpc) is 2.74. The number of benzene rings is 1. The van der Waals surface area contributed by atoms with Gasteiger partial charge in [0.05, 0.1) is 11.1 Å². The number of pyridine rings is 1. The number of aromatic amines is 1. The van der Waals surface area contributed by atoms with E-state index in [4.69, 9.17) is 5.73 Å². The molecule has 6 heteroatoms. The van der Waals surface area contributed by atoms with Crippen LogP contribution in [0, 0.1) is 12.7 Å². The fourth-order valence-corrected chi connectivity index (χ4v) is 1.85. The van der Waals surface area contributed by atoms with Crippen molar-refractivity contribution in [1.29, 1.82) is 0 Å². The van der Waals surface area contributed by atoms with E-state index in [0.29, 0.717) is 23.0 Å². The molecule has 5 nitrogen and oxygen atoms in total. The molecule has 4 N–H and O–H groups in total. The number of nitrogens with zero attached hydrogens (tertiary/aromatic N) is 2. The lowest BCUT2D eigenvalue weighted by atomic mass is 10.2. The number of nitrogens with one attached hydrogen (secondary N) is 2. The van der Waals surface area contributed by atoms with Crippen LogP contribution in [0.15, 0.2) is 30.3 Å². The monoisotopic (exact) mass is 257 g/mol. The SMILES string of the molecule is Cc1ccc(Nc2ccc3c(N)n[nH]c3n2)c(F)c1. The van der Waals surface area contributed by atoms with Gasteiger partial charge >= 0.3 is 0 Å². The number of aryl methyl sites for hydroxylation is 1. The van der Waals surface area contributed by atoms with Crippen LogP contribution in [0.2, 0.25) is 0 Å². The Labute approximate surface area is 108 Å². The lowest BCUT2D eigenvalue weighted by Gasteiger charge is -2.07. The summed E-state index contributed by atoms with van der Waals surface area (Å²) in [6.07, 6.45) is 0. The molecular weight excluding hydrogens is 245 g/mol. The van der Waals surface area contributed by atoms with E-state index in [1.165, 1.54) is 6.07 Å². The van der Waals surface area contributed by atoms with Gasteiger partial charge in [-0.1, -0.05) is 6.07 Å². The highest BCUT2D eigenvalue weighted by molar-refractivity contribution is 5.87. The van der Waals surface area contributed by atoms with Crippen molar-refractivity contribution >= 4 is 28.4 Å². The van der Waals surface area contributed by atoms with Crippen LogP contribution in [-0.4, -0.2) is 15.2 Å². The van der Waals surface area contributed by atoms with Crippen molar-refractivity contribution in [3.8, 4) is 0 Å². The summed E-state index contributed by atoms with van der Waals surface area (Å²) >= 11 is 0.